The quantitative estimate of drug-likeness (QED) is 0.377. The SMILES string of the molecule is Cc1ccccc1[C@H](NC(=O)CC(c1ccccc1)c1ccccc1)c1ccccc1. The van der Waals surface area contributed by atoms with Crippen molar-refractivity contribution in [1.29, 1.82) is 0 Å². The topological polar surface area (TPSA) is 29.1 Å². The Balaban J connectivity index is 1.63. The van der Waals surface area contributed by atoms with Crippen molar-refractivity contribution >= 4 is 5.91 Å². The summed E-state index contributed by atoms with van der Waals surface area (Å²) in [6.07, 6.45) is 0.392. The standard InChI is InChI=1S/C29H27NO/c1-22-13-11-12-20-26(22)29(25-18-9-4-10-19-25)30-28(31)21-27(23-14-5-2-6-15-23)24-16-7-3-8-17-24/h2-20,27,29H,21H2,1H3,(H,30,31)/t29-/m1/s1. The van der Waals surface area contributed by atoms with Crippen molar-refractivity contribution in [3.63, 3.8) is 0 Å². The van der Waals surface area contributed by atoms with E-state index in [-0.39, 0.29) is 17.9 Å². The monoisotopic (exact) mass is 405 g/mol. The maximum Gasteiger partial charge on any atom is 0.221 e. The molecule has 1 atom stereocenters. The molecule has 0 unspecified atom stereocenters. The highest BCUT2D eigenvalue weighted by Gasteiger charge is 2.22. The van der Waals surface area contributed by atoms with Gasteiger partial charge in [-0.15, -0.1) is 0 Å². The number of benzene rings is 4. The predicted octanol–water partition coefficient (Wildman–Crippen LogP) is 6.42. The Morgan fingerprint density at radius 2 is 1.10 bits per heavy atom. The molecule has 154 valence electrons. The van der Waals surface area contributed by atoms with E-state index < -0.39 is 0 Å². The Hall–Kier alpha value is -3.65. The third-order valence-electron chi connectivity index (χ3n) is 5.73. The Morgan fingerprint density at radius 3 is 1.61 bits per heavy atom. The van der Waals surface area contributed by atoms with Crippen LogP contribution in [-0.4, -0.2) is 5.91 Å². The highest BCUT2D eigenvalue weighted by molar-refractivity contribution is 5.78. The molecule has 1 amide bonds. The molecule has 0 spiro atoms. The van der Waals surface area contributed by atoms with Crippen LogP contribution in [0.4, 0.5) is 0 Å². The molecule has 0 aliphatic heterocycles. The molecule has 0 bridgehead atoms. The molecule has 0 fully saturated rings. The lowest BCUT2D eigenvalue weighted by Crippen LogP contribution is -2.31. The molecule has 0 saturated carbocycles. The van der Waals surface area contributed by atoms with Gasteiger partial charge in [0.2, 0.25) is 5.91 Å². The summed E-state index contributed by atoms with van der Waals surface area (Å²) in [5, 5.41) is 3.32. The van der Waals surface area contributed by atoms with Gasteiger partial charge in [-0.3, -0.25) is 4.79 Å². The van der Waals surface area contributed by atoms with Gasteiger partial charge in [0.05, 0.1) is 6.04 Å². The van der Waals surface area contributed by atoms with E-state index in [1.807, 2.05) is 66.7 Å². The molecule has 4 rings (SSSR count). The summed E-state index contributed by atoms with van der Waals surface area (Å²) in [6, 6.07) is 38.8. The zero-order valence-corrected chi connectivity index (χ0v) is 17.7. The Bertz CT molecular complexity index is 1070. The Kier molecular flexibility index (Phi) is 6.59. The number of rotatable bonds is 7. The van der Waals surface area contributed by atoms with E-state index in [0.29, 0.717) is 6.42 Å². The molecule has 0 saturated heterocycles. The number of amides is 1. The van der Waals surface area contributed by atoms with Gasteiger partial charge in [0.25, 0.3) is 0 Å². The fraction of sp³-hybridized carbons (Fsp3) is 0.138. The van der Waals surface area contributed by atoms with Crippen LogP contribution in [0.5, 0.6) is 0 Å². The van der Waals surface area contributed by atoms with Gasteiger partial charge in [0.1, 0.15) is 0 Å². The van der Waals surface area contributed by atoms with Crippen LogP contribution in [-0.2, 0) is 4.79 Å². The molecule has 4 aromatic carbocycles. The van der Waals surface area contributed by atoms with Crippen molar-refractivity contribution in [2.75, 3.05) is 0 Å². The van der Waals surface area contributed by atoms with Crippen molar-refractivity contribution < 1.29 is 4.79 Å². The molecule has 1 N–H and O–H groups in total. The third kappa shape index (κ3) is 5.10. The van der Waals surface area contributed by atoms with Crippen LogP contribution in [0.2, 0.25) is 0 Å². The van der Waals surface area contributed by atoms with Gasteiger partial charge in [-0.2, -0.15) is 0 Å². The van der Waals surface area contributed by atoms with E-state index in [0.717, 1.165) is 22.3 Å². The number of carbonyl (C=O) groups is 1. The summed E-state index contributed by atoms with van der Waals surface area (Å²) in [6.45, 7) is 2.09. The molecule has 0 aliphatic rings. The summed E-state index contributed by atoms with van der Waals surface area (Å²) < 4.78 is 0. The molecular weight excluding hydrogens is 378 g/mol. The van der Waals surface area contributed by atoms with Crippen molar-refractivity contribution in [2.45, 2.75) is 25.3 Å². The fourth-order valence-corrected chi connectivity index (χ4v) is 4.10. The zero-order valence-electron chi connectivity index (χ0n) is 17.7. The normalized spacial score (nSPS) is 11.8. The molecule has 0 heterocycles. The number of carbonyl (C=O) groups excluding carboxylic acids is 1. The first-order chi connectivity index (χ1) is 15.2. The van der Waals surface area contributed by atoms with E-state index >= 15 is 0 Å². The lowest BCUT2D eigenvalue weighted by atomic mass is 9.88. The van der Waals surface area contributed by atoms with Gasteiger partial charge in [-0.25, -0.2) is 0 Å². The van der Waals surface area contributed by atoms with Crippen LogP contribution in [0.3, 0.4) is 0 Å². The zero-order chi connectivity index (χ0) is 21.5. The maximum absolute atomic E-state index is 13.4. The molecule has 2 nitrogen and oxygen atoms in total. The van der Waals surface area contributed by atoms with Crippen LogP contribution in [0.25, 0.3) is 0 Å². The minimum atomic E-state index is -0.179. The summed E-state index contributed by atoms with van der Waals surface area (Å²) in [5.41, 5.74) is 5.67. The van der Waals surface area contributed by atoms with Crippen molar-refractivity contribution in [3.05, 3.63) is 143 Å². The maximum atomic E-state index is 13.4. The van der Waals surface area contributed by atoms with Crippen LogP contribution >= 0.6 is 0 Å². The average Bonchev–Trinajstić information content (AvgIpc) is 2.83. The largest absolute Gasteiger partial charge is 0.345 e. The lowest BCUT2D eigenvalue weighted by Gasteiger charge is -2.24. The molecule has 0 radical (unpaired) electrons. The van der Waals surface area contributed by atoms with Crippen molar-refractivity contribution in [2.24, 2.45) is 0 Å². The van der Waals surface area contributed by atoms with Gasteiger partial charge in [0, 0.05) is 12.3 Å². The van der Waals surface area contributed by atoms with E-state index in [1.54, 1.807) is 0 Å². The molecule has 0 aliphatic carbocycles. The second-order valence-corrected chi connectivity index (χ2v) is 7.85. The van der Waals surface area contributed by atoms with E-state index in [2.05, 4.69) is 60.8 Å². The third-order valence-corrected chi connectivity index (χ3v) is 5.73. The Morgan fingerprint density at radius 1 is 0.645 bits per heavy atom. The predicted molar refractivity (Wildman–Crippen MR) is 127 cm³/mol. The summed E-state index contributed by atoms with van der Waals surface area (Å²) in [7, 11) is 0. The fourth-order valence-electron chi connectivity index (χ4n) is 4.10. The number of hydrogen-bond donors (Lipinski definition) is 1. The molecule has 31 heavy (non-hydrogen) atoms. The van der Waals surface area contributed by atoms with Gasteiger partial charge in [0.15, 0.2) is 0 Å². The molecule has 4 aromatic rings. The minimum absolute atomic E-state index is 0.00990. The highest BCUT2D eigenvalue weighted by atomic mass is 16.1. The lowest BCUT2D eigenvalue weighted by molar-refractivity contribution is -0.121. The second-order valence-electron chi connectivity index (χ2n) is 7.85. The molecular formula is C29H27NO. The molecule has 2 heteroatoms. The van der Waals surface area contributed by atoms with Crippen molar-refractivity contribution in [1.82, 2.24) is 5.32 Å². The minimum Gasteiger partial charge on any atom is -0.345 e. The summed E-state index contributed by atoms with van der Waals surface area (Å²) in [5.74, 6) is 0.0468. The number of nitrogens with one attached hydrogen (secondary N) is 1. The van der Waals surface area contributed by atoms with Crippen LogP contribution in [0.1, 0.15) is 46.2 Å². The number of aryl methyl sites for hydroxylation is 1. The van der Waals surface area contributed by atoms with Crippen LogP contribution in [0.15, 0.2) is 115 Å². The molecule has 0 aromatic heterocycles. The van der Waals surface area contributed by atoms with Gasteiger partial charge in [-0.1, -0.05) is 115 Å². The first-order valence-corrected chi connectivity index (χ1v) is 10.7. The summed E-state index contributed by atoms with van der Waals surface area (Å²) >= 11 is 0. The van der Waals surface area contributed by atoms with Gasteiger partial charge in [-0.05, 0) is 34.7 Å². The van der Waals surface area contributed by atoms with Crippen LogP contribution < -0.4 is 5.32 Å². The van der Waals surface area contributed by atoms with Crippen molar-refractivity contribution in [3.8, 4) is 0 Å². The summed E-state index contributed by atoms with van der Waals surface area (Å²) in [4.78, 5) is 13.4. The highest BCUT2D eigenvalue weighted by Crippen LogP contribution is 2.30. The van der Waals surface area contributed by atoms with E-state index in [9.17, 15) is 4.79 Å². The van der Waals surface area contributed by atoms with Gasteiger partial charge >= 0.3 is 0 Å². The average molecular weight is 406 g/mol. The van der Waals surface area contributed by atoms with E-state index in [1.165, 1.54) is 5.56 Å². The first kappa shape index (κ1) is 20.6. The van der Waals surface area contributed by atoms with Gasteiger partial charge < -0.3 is 5.32 Å². The number of hydrogen-bond acceptors (Lipinski definition) is 1. The second kappa shape index (κ2) is 9.90. The smallest absolute Gasteiger partial charge is 0.221 e. The van der Waals surface area contributed by atoms with Crippen LogP contribution in [0, 0.1) is 6.92 Å². The first-order valence-electron chi connectivity index (χ1n) is 10.7. The van der Waals surface area contributed by atoms with E-state index in [4.69, 9.17) is 0 Å². The Labute approximate surface area is 184 Å².